The topological polar surface area (TPSA) is 58.2 Å². The van der Waals surface area contributed by atoms with Crippen LogP contribution in [0.2, 0.25) is 0 Å². The molecule has 5 heteroatoms. The second-order valence-corrected chi connectivity index (χ2v) is 7.78. The third-order valence-corrected chi connectivity index (χ3v) is 5.40. The summed E-state index contributed by atoms with van der Waals surface area (Å²) in [5.41, 5.74) is 3.86. The molecule has 144 valence electrons. The zero-order valence-electron chi connectivity index (χ0n) is 16.1. The van der Waals surface area contributed by atoms with E-state index >= 15 is 0 Å². The van der Waals surface area contributed by atoms with Gasteiger partial charge in [0, 0.05) is 23.4 Å². The third kappa shape index (κ3) is 5.30. The van der Waals surface area contributed by atoms with Crippen molar-refractivity contribution in [2.75, 3.05) is 6.54 Å². The lowest BCUT2D eigenvalue weighted by Crippen LogP contribution is -2.33. The Morgan fingerprint density at radius 2 is 1.75 bits per heavy atom. The SMILES string of the molecule is Cc1ccc(C(NC(=O)CCNC(=O)c2cccc(C)c2)c2cccs2)cc1. The molecule has 0 aliphatic heterocycles. The van der Waals surface area contributed by atoms with E-state index in [4.69, 9.17) is 0 Å². The van der Waals surface area contributed by atoms with Gasteiger partial charge in [0.05, 0.1) is 6.04 Å². The van der Waals surface area contributed by atoms with Gasteiger partial charge in [-0.3, -0.25) is 9.59 Å². The van der Waals surface area contributed by atoms with Gasteiger partial charge < -0.3 is 10.6 Å². The van der Waals surface area contributed by atoms with Crippen molar-refractivity contribution in [1.82, 2.24) is 10.6 Å². The molecule has 28 heavy (non-hydrogen) atoms. The molecule has 3 aromatic rings. The Labute approximate surface area is 169 Å². The number of aryl methyl sites for hydroxylation is 2. The quantitative estimate of drug-likeness (QED) is 0.626. The van der Waals surface area contributed by atoms with Gasteiger partial charge >= 0.3 is 0 Å². The summed E-state index contributed by atoms with van der Waals surface area (Å²) < 4.78 is 0. The van der Waals surface area contributed by atoms with Crippen molar-refractivity contribution in [2.24, 2.45) is 0 Å². The Bertz CT molecular complexity index is 934. The van der Waals surface area contributed by atoms with E-state index in [2.05, 4.69) is 10.6 Å². The number of thiophene rings is 1. The highest BCUT2D eigenvalue weighted by Crippen LogP contribution is 2.26. The fourth-order valence-corrected chi connectivity index (χ4v) is 3.75. The summed E-state index contributed by atoms with van der Waals surface area (Å²) in [5.74, 6) is -0.256. The molecule has 3 rings (SSSR count). The van der Waals surface area contributed by atoms with Crippen molar-refractivity contribution in [3.63, 3.8) is 0 Å². The monoisotopic (exact) mass is 392 g/mol. The van der Waals surface area contributed by atoms with E-state index < -0.39 is 0 Å². The van der Waals surface area contributed by atoms with Crippen LogP contribution in [0.5, 0.6) is 0 Å². The van der Waals surface area contributed by atoms with Crippen LogP contribution in [0.4, 0.5) is 0 Å². The minimum atomic E-state index is -0.180. The van der Waals surface area contributed by atoms with Crippen molar-refractivity contribution in [2.45, 2.75) is 26.3 Å². The Kier molecular flexibility index (Phi) is 6.61. The molecule has 0 bridgehead atoms. The minimum Gasteiger partial charge on any atom is -0.352 e. The molecule has 2 aromatic carbocycles. The van der Waals surface area contributed by atoms with Crippen molar-refractivity contribution in [1.29, 1.82) is 0 Å². The molecule has 2 amide bonds. The average molecular weight is 393 g/mol. The van der Waals surface area contributed by atoms with E-state index in [1.54, 1.807) is 17.4 Å². The van der Waals surface area contributed by atoms with E-state index in [1.165, 1.54) is 5.56 Å². The summed E-state index contributed by atoms with van der Waals surface area (Å²) in [6.07, 6.45) is 0.227. The number of benzene rings is 2. The van der Waals surface area contributed by atoms with Crippen LogP contribution in [-0.2, 0) is 4.79 Å². The summed E-state index contributed by atoms with van der Waals surface area (Å²) in [7, 11) is 0. The zero-order valence-corrected chi connectivity index (χ0v) is 16.9. The van der Waals surface area contributed by atoms with Gasteiger partial charge in [-0.2, -0.15) is 0 Å². The zero-order chi connectivity index (χ0) is 19.9. The predicted molar refractivity (Wildman–Crippen MR) is 114 cm³/mol. The van der Waals surface area contributed by atoms with E-state index in [0.717, 1.165) is 16.0 Å². The number of hydrogen-bond acceptors (Lipinski definition) is 3. The molecule has 0 saturated carbocycles. The Morgan fingerprint density at radius 3 is 2.43 bits per heavy atom. The molecule has 4 nitrogen and oxygen atoms in total. The first-order chi connectivity index (χ1) is 13.5. The average Bonchev–Trinajstić information content (AvgIpc) is 3.21. The molecule has 0 aliphatic rings. The molecule has 1 atom stereocenters. The number of amides is 2. The molecule has 1 heterocycles. The molecule has 2 N–H and O–H groups in total. The highest BCUT2D eigenvalue weighted by molar-refractivity contribution is 7.10. The summed E-state index contributed by atoms with van der Waals surface area (Å²) in [6.45, 7) is 4.28. The van der Waals surface area contributed by atoms with E-state index in [9.17, 15) is 9.59 Å². The molecular formula is C23H24N2O2S. The van der Waals surface area contributed by atoms with Gasteiger partial charge in [-0.15, -0.1) is 11.3 Å². The maximum Gasteiger partial charge on any atom is 0.251 e. The lowest BCUT2D eigenvalue weighted by atomic mass is 10.0. The third-order valence-electron chi connectivity index (χ3n) is 4.46. The lowest BCUT2D eigenvalue weighted by molar-refractivity contribution is -0.121. The molecule has 0 fully saturated rings. The van der Waals surface area contributed by atoms with Crippen molar-refractivity contribution in [3.05, 3.63) is 93.2 Å². The molecule has 0 saturated heterocycles. The lowest BCUT2D eigenvalue weighted by Gasteiger charge is -2.18. The number of rotatable bonds is 7. The van der Waals surface area contributed by atoms with Gasteiger partial charge in [0.25, 0.3) is 5.91 Å². The van der Waals surface area contributed by atoms with Crippen LogP contribution in [0, 0.1) is 13.8 Å². The Hall–Kier alpha value is -2.92. The number of nitrogens with one attached hydrogen (secondary N) is 2. The van der Waals surface area contributed by atoms with Crippen molar-refractivity contribution in [3.8, 4) is 0 Å². The fourth-order valence-electron chi connectivity index (χ4n) is 2.94. The maximum absolute atomic E-state index is 12.5. The van der Waals surface area contributed by atoms with Gasteiger partial charge in [0.15, 0.2) is 0 Å². The molecule has 0 aliphatic carbocycles. The molecule has 1 aromatic heterocycles. The van der Waals surface area contributed by atoms with Crippen LogP contribution < -0.4 is 10.6 Å². The second-order valence-electron chi connectivity index (χ2n) is 6.80. The molecule has 1 unspecified atom stereocenters. The number of carbonyl (C=O) groups is 2. The van der Waals surface area contributed by atoms with Crippen molar-refractivity contribution >= 4 is 23.2 Å². The highest BCUT2D eigenvalue weighted by Gasteiger charge is 2.18. The molecular weight excluding hydrogens is 368 g/mol. The number of hydrogen-bond donors (Lipinski definition) is 2. The Morgan fingerprint density at radius 1 is 0.964 bits per heavy atom. The molecule has 0 radical (unpaired) electrons. The van der Waals surface area contributed by atoms with Gasteiger partial charge in [0.1, 0.15) is 0 Å². The van der Waals surface area contributed by atoms with Crippen LogP contribution in [0.3, 0.4) is 0 Å². The Balaban J connectivity index is 1.58. The smallest absolute Gasteiger partial charge is 0.251 e. The summed E-state index contributed by atoms with van der Waals surface area (Å²) in [4.78, 5) is 25.8. The second kappa shape index (κ2) is 9.33. The highest BCUT2D eigenvalue weighted by atomic mass is 32.1. The van der Waals surface area contributed by atoms with Gasteiger partial charge in [-0.1, -0.05) is 53.6 Å². The first kappa shape index (κ1) is 19.8. The van der Waals surface area contributed by atoms with Gasteiger partial charge in [0.2, 0.25) is 5.91 Å². The van der Waals surface area contributed by atoms with Gasteiger partial charge in [-0.05, 0) is 43.0 Å². The first-order valence-corrected chi connectivity index (χ1v) is 10.1. The standard InChI is InChI=1S/C23H24N2O2S/c1-16-8-10-18(11-9-16)22(20-7-4-14-28-20)25-21(26)12-13-24-23(27)19-6-3-5-17(2)15-19/h3-11,14-15,22H,12-13H2,1-2H3,(H,24,27)(H,25,26). The summed E-state index contributed by atoms with van der Waals surface area (Å²) in [5, 5.41) is 7.92. The van der Waals surface area contributed by atoms with Crippen LogP contribution >= 0.6 is 11.3 Å². The van der Waals surface area contributed by atoms with Gasteiger partial charge in [-0.25, -0.2) is 0 Å². The van der Waals surface area contributed by atoms with E-state index in [1.807, 2.05) is 73.8 Å². The largest absolute Gasteiger partial charge is 0.352 e. The predicted octanol–water partition coefficient (Wildman–Crippen LogP) is 4.39. The normalized spacial score (nSPS) is 11.6. The van der Waals surface area contributed by atoms with Crippen molar-refractivity contribution < 1.29 is 9.59 Å². The van der Waals surface area contributed by atoms with Crippen LogP contribution in [0.15, 0.2) is 66.0 Å². The first-order valence-electron chi connectivity index (χ1n) is 9.27. The minimum absolute atomic E-state index is 0.0940. The van der Waals surface area contributed by atoms with Crippen LogP contribution in [0.1, 0.15) is 44.4 Å². The number of carbonyl (C=O) groups excluding carboxylic acids is 2. The van der Waals surface area contributed by atoms with Crippen LogP contribution in [-0.4, -0.2) is 18.4 Å². The fraction of sp³-hybridized carbons (Fsp3) is 0.217. The van der Waals surface area contributed by atoms with E-state index in [0.29, 0.717) is 12.1 Å². The summed E-state index contributed by atoms with van der Waals surface area (Å²) >= 11 is 1.61. The van der Waals surface area contributed by atoms with E-state index in [-0.39, 0.29) is 24.3 Å². The van der Waals surface area contributed by atoms with Crippen LogP contribution in [0.25, 0.3) is 0 Å². The summed E-state index contributed by atoms with van der Waals surface area (Å²) in [6, 6.07) is 19.4. The molecule has 0 spiro atoms. The maximum atomic E-state index is 12.5.